The van der Waals surface area contributed by atoms with Crippen molar-refractivity contribution in [2.75, 3.05) is 17.1 Å². The first-order valence-corrected chi connectivity index (χ1v) is 7.37. The van der Waals surface area contributed by atoms with E-state index in [-0.39, 0.29) is 16.6 Å². The van der Waals surface area contributed by atoms with Gasteiger partial charge in [0.25, 0.3) is 10.0 Å². The van der Waals surface area contributed by atoms with E-state index in [4.69, 9.17) is 4.74 Å². The predicted octanol–water partition coefficient (Wildman–Crippen LogP) is 1.18. The zero-order valence-electron chi connectivity index (χ0n) is 11.4. The summed E-state index contributed by atoms with van der Waals surface area (Å²) in [4.78, 5) is 17.2. The van der Waals surface area contributed by atoms with Gasteiger partial charge in [-0.05, 0) is 18.2 Å². The predicted molar refractivity (Wildman–Crippen MR) is 76.7 cm³/mol. The van der Waals surface area contributed by atoms with Crippen LogP contribution in [0.15, 0.2) is 35.7 Å². The average Bonchev–Trinajstić information content (AvgIpc) is 2.92. The summed E-state index contributed by atoms with van der Waals surface area (Å²) in [6.45, 7) is 1.36. The van der Waals surface area contributed by atoms with Crippen molar-refractivity contribution in [1.82, 2.24) is 9.97 Å². The van der Waals surface area contributed by atoms with Crippen molar-refractivity contribution in [3.63, 3.8) is 0 Å². The molecule has 1 aromatic heterocycles. The number of benzene rings is 1. The van der Waals surface area contributed by atoms with Crippen LogP contribution in [0, 0.1) is 0 Å². The average molecular weight is 310 g/mol. The number of aromatic nitrogens is 2. The molecule has 2 rings (SSSR count). The summed E-state index contributed by atoms with van der Waals surface area (Å²) in [5.74, 6) is 0.0646. The summed E-state index contributed by atoms with van der Waals surface area (Å²) in [5, 5.41) is 2.49. The van der Waals surface area contributed by atoms with Crippen molar-refractivity contribution >= 4 is 27.3 Å². The van der Waals surface area contributed by atoms with Crippen LogP contribution in [-0.2, 0) is 14.8 Å². The summed E-state index contributed by atoms with van der Waals surface area (Å²) >= 11 is 0. The number of nitrogens with zero attached hydrogens (tertiary/aromatic N) is 1. The van der Waals surface area contributed by atoms with Gasteiger partial charge in [0, 0.05) is 12.6 Å². The largest absolute Gasteiger partial charge is 0.495 e. The van der Waals surface area contributed by atoms with Gasteiger partial charge in [0.05, 0.1) is 25.3 Å². The second-order valence-electron chi connectivity index (χ2n) is 4.12. The molecular weight excluding hydrogens is 296 g/mol. The Balaban J connectivity index is 2.35. The summed E-state index contributed by atoms with van der Waals surface area (Å²) in [6.07, 6.45) is 2.45. The molecule has 112 valence electrons. The molecule has 1 heterocycles. The molecule has 0 bridgehead atoms. The highest BCUT2D eigenvalue weighted by atomic mass is 32.2. The van der Waals surface area contributed by atoms with Gasteiger partial charge in [0.1, 0.15) is 5.75 Å². The molecule has 0 aliphatic rings. The highest BCUT2D eigenvalue weighted by Gasteiger charge is 2.18. The standard InChI is InChI=1S/C12H14N4O4S/c1-8(17)15-9-3-4-11(20-2)10(5-9)16-21(18,19)12-6-13-7-14-12/h3-7,16H,1-2H3,(H,13,14)(H,15,17). The van der Waals surface area contributed by atoms with E-state index in [1.54, 1.807) is 12.1 Å². The van der Waals surface area contributed by atoms with Crippen LogP contribution in [0.4, 0.5) is 11.4 Å². The molecule has 0 unspecified atom stereocenters. The van der Waals surface area contributed by atoms with Crippen LogP contribution in [0.5, 0.6) is 5.75 Å². The van der Waals surface area contributed by atoms with Crippen LogP contribution in [0.2, 0.25) is 0 Å². The van der Waals surface area contributed by atoms with Crippen molar-refractivity contribution in [3.05, 3.63) is 30.7 Å². The van der Waals surface area contributed by atoms with Gasteiger partial charge in [-0.3, -0.25) is 9.52 Å². The zero-order valence-corrected chi connectivity index (χ0v) is 12.2. The Morgan fingerprint density at radius 3 is 2.71 bits per heavy atom. The molecule has 0 atom stereocenters. The Morgan fingerprint density at radius 1 is 1.38 bits per heavy atom. The molecule has 9 heteroatoms. The monoisotopic (exact) mass is 310 g/mol. The first-order chi connectivity index (χ1) is 9.92. The van der Waals surface area contributed by atoms with Crippen molar-refractivity contribution in [1.29, 1.82) is 0 Å². The van der Waals surface area contributed by atoms with E-state index in [2.05, 4.69) is 20.0 Å². The van der Waals surface area contributed by atoms with E-state index in [9.17, 15) is 13.2 Å². The van der Waals surface area contributed by atoms with Crippen LogP contribution >= 0.6 is 0 Å². The number of rotatable bonds is 5. The maximum absolute atomic E-state index is 12.1. The summed E-state index contributed by atoms with van der Waals surface area (Å²) in [7, 11) is -2.39. The lowest BCUT2D eigenvalue weighted by atomic mass is 10.2. The molecule has 21 heavy (non-hydrogen) atoms. The number of hydrogen-bond acceptors (Lipinski definition) is 5. The number of amides is 1. The Kier molecular flexibility index (Phi) is 4.13. The lowest BCUT2D eigenvalue weighted by molar-refractivity contribution is -0.114. The molecule has 0 radical (unpaired) electrons. The van der Waals surface area contributed by atoms with Gasteiger partial charge < -0.3 is 15.0 Å². The lowest BCUT2D eigenvalue weighted by Gasteiger charge is -2.12. The number of imidazole rings is 1. The highest BCUT2D eigenvalue weighted by Crippen LogP contribution is 2.29. The maximum Gasteiger partial charge on any atom is 0.279 e. The summed E-state index contributed by atoms with van der Waals surface area (Å²) in [6, 6.07) is 4.62. The van der Waals surface area contributed by atoms with Gasteiger partial charge in [-0.2, -0.15) is 8.42 Å². The van der Waals surface area contributed by atoms with Crippen LogP contribution < -0.4 is 14.8 Å². The minimum Gasteiger partial charge on any atom is -0.495 e. The number of H-pyrrole nitrogens is 1. The first kappa shape index (κ1) is 14.9. The fourth-order valence-corrected chi connectivity index (χ4v) is 2.63. The highest BCUT2D eigenvalue weighted by molar-refractivity contribution is 7.92. The third kappa shape index (κ3) is 3.51. The number of hydrogen-bond donors (Lipinski definition) is 3. The maximum atomic E-state index is 12.1. The molecule has 0 saturated carbocycles. The topological polar surface area (TPSA) is 113 Å². The van der Waals surface area contributed by atoms with Gasteiger partial charge in [0.15, 0.2) is 5.03 Å². The molecule has 0 saturated heterocycles. The van der Waals surface area contributed by atoms with E-state index < -0.39 is 10.0 Å². The van der Waals surface area contributed by atoms with E-state index in [1.807, 2.05) is 0 Å². The summed E-state index contributed by atoms with van der Waals surface area (Å²) < 4.78 is 31.8. The van der Waals surface area contributed by atoms with E-state index >= 15 is 0 Å². The van der Waals surface area contributed by atoms with Gasteiger partial charge in [-0.25, -0.2) is 4.98 Å². The fraction of sp³-hybridized carbons (Fsp3) is 0.167. The molecular formula is C12H14N4O4S. The minimum atomic E-state index is -3.81. The second-order valence-corrected chi connectivity index (χ2v) is 5.77. The number of sulfonamides is 1. The Morgan fingerprint density at radius 2 is 2.14 bits per heavy atom. The van der Waals surface area contributed by atoms with Crippen molar-refractivity contribution in [2.24, 2.45) is 0 Å². The van der Waals surface area contributed by atoms with Crippen molar-refractivity contribution in [2.45, 2.75) is 11.9 Å². The van der Waals surface area contributed by atoms with Gasteiger partial charge in [-0.15, -0.1) is 0 Å². The number of aromatic amines is 1. The van der Waals surface area contributed by atoms with Crippen LogP contribution in [0.3, 0.4) is 0 Å². The number of anilines is 2. The van der Waals surface area contributed by atoms with E-state index in [0.717, 1.165) is 0 Å². The Bertz CT molecular complexity index is 741. The molecule has 3 N–H and O–H groups in total. The lowest BCUT2D eigenvalue weighted by Crippen LogP contribution is -2.14. The van der Waals surface area contributed by atoms with Crippen molar-refractivity contribution < 1.29 is 17.9 Å². The molecule has 0 spiro atoms. The van der Waals surface area contributed by atoms with Gasteiger partial charge in [0.2, 0.25) is 5.91 Å². The van der Waals surface area contributed by atoms with Gasteiger partial charge in [-0.1, -0.05) is 0 Å². The molecule has 8 nitrogen and oxygen atoms in total. The van der Waals surface area contributed by atoms with Crippen molar-refractivity contribution in [3.8, 4) is 5.75 Å². The first-order valence-electron chi connectivity index (χ1n) is 5.89. The third-order valence-electron chi connectivity index (χ3n) is 2.53. The van der Waals surface area contributed by atoms with Crippen LogP contribution in [0.25, 0.3) is 0 Å². The summed E-state index contributed by atoms with van der Waals surface area (Å²) in [5.41, 5.74) is 0.656. The molecule has 0 aliphatic heterocycles. The minimum absolute atomic E-state index is 0.0746. The third-order valence-corrected chi connectivity index (χ3v) is 3.82. The van der Waals surface area contributed by atoms with Gasteiger partial charge >= 0.3 is 0 Å². The number of nitrogens with one attached hydrogen (secondary N) is 3. The molecule has 0 aliphatic carbocycles. The van der Waals surface area contributed by atoms with Crippen LogP contribution in [0.1, 0.15) is 6.92 Å². The molecule has 0 fully saturated rings. The smallest absolute Gasteiger partial charge is 0.279 e. The SMILES string of the molecule is COc1ccc(NC(C)=O)cc1NS(=O)(=O)c1cnc[nH]1. The number of ether oxygens (including phenoxy) is 1. The zero-order chi connectivity index (χ0) is 15.5. The number of methoxy groups -OCH3 is 1. The Labute approximate surface area is 121 Å². The number of carbonyl (C=O) groups excluding carboxylic acids is 1. The Hall–Kier alpha value is -2.55. The van der Waals surface area contributed by atoms with Crippen LogP contribution in [-0.4, -0.2) is 31.4 Å². The second kappa shape index (κ2) is 5.83. The molecule has 1 amide bonds. The molecule has 2 aromatic rings. The number of carbonyl (C=O) groups is 1. The quantitative estimate of drug-likeness (QED) is 0.767. The molecule has 1 aromatic carbocycles. The fourth-order valence-electron chi connectivity index (χ4n) is 1.66. The van der Waals surface area contributed by atoms with E-state index in [0.29, 0.717) is 11.4 Å². The van der Waals surface area contributed by atoms with E-state index in [1.165, 1.54) is 32.6 Å². The normalized spacial score (nSPS) is 11.0.